The predicted octanol–water partition coefficient (Wildman–Crippen LogP) is 15.3. The highest BCUT2D eigenvalue weighted by Crippen LogP contribution is 2.51. The summed E-state index contributed by atoms with van der Waals surface area (Å²) in [6.07, 6.45) is 0. The molecule has 1 aliphatic carbocycles. The summed E-state index contributed by atoms with van der Waals surface area (Å²) >= 11 is 0. The van der Waals surface area contributed by atoms with E-state index in [0.717, 1.165) is 28.4 Å². The lowest BCUT2D eigenvalue weighted by atomic mass is 9.82. The Morgan fingerprint density at radius 2 is 0.983 bits per heavy atom. The number of hydrogen-bond donors (Lipinski definition) is 0. The van der Waals surface area contributed by atoms with Crippen molar-refractivity contribution >= 4 is 55.4 Å². The number of para-hydroxylation sites is 3. The van der Waals surface area contributed by atoms with Gasteiger partial charge in [-0.1, -0.05) is 153 Å². The van der Waals surface area contributed by atoms with Gasteiger partial charge in [-0.15, -0.1) is 0 Å². The average molecular weight is 768 g/mol. The molecule has 0 fully saturated rings. The third-order valence-electron chi connectivity index (χ3n) is 12.9. The molecule has 0 saturated heterocycles. The van der Waals surface area contributed by atoms with E-state index in [1.165, 1.54) is 77.2 Å². The normalized spacial score (nSPS) is 13.0. The lowest BCUT2D eigenvalue weighted by Gasteiger charge is -2.28. The monoisotopic (exact) mass is 767 g/mol. The second kappa shape index (κ2) is 13.2. The minimum atomic E-state index is -0.112. The Kier molecular flexibility index (Phi) is 7.58. The average Bonchev–Trinajstić information content (AvgIpc) is 3.90. The predicted molar refractivity (Wildman–Crippen MR) is 252 cm³/mol. The van der Waals surface area contributed by atoms with Crippen molar-refractivity contribution in [2.45, 2.75) is 19.3 Å². The number of benzene rings is 9. The smallest absolute Gasteiger partial charge is 0.131 e. The first kappa shape index (κ1) is 34.4. The van der Waals surface area contributed by atoms with Gasteiger partial charge in [-0.3, -0.25) is 8.97 Å². The maximum atomic E-state index is 2.46. The van der Waals surface area contributed by atoms with Crippen LogP contribution in [-0.4, -0.2) is 8.97 Å². The van der Waals surface area contributed by atoms with Gasteiger partial charge in [0.25, 0.3) is 0 Å². The van der Waals surface area contributed by atoms with Crippen LogP contribution < -0.4 is 4.90 Å². The van der Waals surface area contributed by atoms with Gasteiger partial charge in [0.15, 0.2) is 0 Å². The van der Waals surface area contributed by atoms with E-state index in [-0.39, 0.29) is 5.41 Å². The highest BCUT2D eigenvalue weighted by Gasteiger charge is 2.35. The van der Waals surface area contributed by atoms with Crippen LogP contribution in [0.25, 0.3) is 77.4 Å². The standard InChI is InChI=1S/C57H41N3/c1-57(2)50-20-10-8-18-47(50)48-35-34-46(37-51(48)57)58(43-28-26-40(27-29-43)38-14-4-3-5-15-38)44-30-32-45(33-31-44)59-53-22-12-13-23-54(53)60-52-21-11-9-19-49(52)55(56(59)60)42-25-24-39-16-6-7-17-41(39)36-42/h3-37H,1-2H3. The Labute approximate surface area is 349 Å². The number of imidazole rings is 1. The summed E-state index contributed by atoms with van der Waals surface area (Å²) in [6, 6.07) is 77.9. The van der Waals surface area contributed by atoms with E-state index in [1.54, 1.807) is 0 Å². The highest BCUT2D eigenvalue weighted by molar-refractivity contribution is 6.10. The summed E-state index contributed by atoms with van der Waals surface area (Å²) in [5.74, 6) is 0. The zero-order valence-corrected chi connectivity index (χ0v) is 33.5. The first-order chi connectivity index (χ1) is 29.5. The van der Waals surface area contributed by atoms with Crippen molar-refractivity contribution in [1.82, 2.24) is 8.97 Å². The van der Waals surface area contributed by atoms with Crippen molar-refractivity contribution in [2.24, 2.45) is 0 Å². The summed E-state index contributed by atoms with van der Waals surface area (Å²) < 4.78 is 4.91. The molecule has 0 unspecified atom stereocenters. The van der Waals surface area contributed by atoms with E-state index in [1.807, 2.05) is 0 Å². The zero-order valence-electron chi connectivity index (χ0n) is 33.5. The first-order valence-corrected chi connectivity index (χ1v) is 20.9. The molecule has 0 aliphatic heterocycles. The minimum absolute atomic E-state index is 0.112. The van der Waals surface area contributed by atoms with Crippen molar-refractivity contribution in [3.63, 3.8) is 0 Å². The third-order valence-corrected chi connectivity index (χ3v) is 12.9. The second-order valence-electron chi connectivity index (χ2n) is 16.6. The SMILES string of the molecule is CC1(C)c2ccccc2-c2ccc(N(c3ccc(-c4ccccc4)cc3)c3ccc(-n4c5ccccc5n5c6ccccc6c(-c6ccc7ccccc7c6)c45)cc3)cc21. The molecule has 284 valence electrons. The van der Waals surface area contributed by atoms with Gasteiger partial charge >= 0.3 is 0 Å². The molecule has 0 amide bonds. The number of anilines is 3. The highest BCUT2D eigenvalue weighted by atomic mass is 15.2. The molecular weight excluding hydrogens is 727 g/mol. The van der Waals surface area contributed by atoms with Crippen molar-refractivity contribution in [1.29, 1.82) is 0 Å². The van der Waals surface area contributed by atoms with Crippen LogP contribution in [0.1, 0.15) is 25.0 Å². The van der Waals surface area contributed by atoms with Gasteiger partial charge in [-0.2, -0.15) is 0 Å². The van der Waals surface area contributed by atoms with Crippen LogP contribution in [0.4, 0.5) is 17.1 Å². The quantitative estimate of drug-likeness (QED) is 0.164. The number of nitrogens with zero attached hydrogens (tertiary/aromatic N) is 3. The van der Waals surface area contributed by atoms with Gasteiger partial charge in [-0.05, 0) is 123 Å². The molecule has 60 heavy (non-hydrogen) atoms. The van der Waals surface area contributed by atoms with Gasteiger partial charge in [0.05, 0.1) is 16.6 Å². The summed E-state index contributed by atoms with van der Waals surface area (Å²) in [6.45, 7) is 4.71. The molecule has 3 nitrogen and oxygen atoms in total. The molecule has 12 rings (SSSR count). The van der Waals surface area contributed by atoms with Crippen LogP contribution >= 0.6 is 0 Å². The van der Waals surface area contributed by atoms with Gasteiger partial charge in [0, 0.05) is 39.1 Å². The van der Waals surface area contributed by atoms with E-state index in [2.05, 4.69) is 240 Å². The van der Waals surface area contributed by atoms with E-state index in [9.17, 15) is 0 Å². The number of aromatic nitrogens is 2. The molecule has 3 heteroatoms. The second-order valence-corrected chi connectivity index (χ2v) is 16.6. The number of hydrogen-bond acceptors (Lipinski definition) is 1. The van der Waals surface area contributed by atoms with Crippen molar-refractivity contribution in [3.8, 4) is 39.1 Å². The molecule has 2 heterocycles. The molecule has 11 aromatic rings. The molecule has 1 aliphatic rings. The van der Waals surface area contributed by atoms with E-state index < -0.39 is 0 Å². The van der Waals surface area contributed by atoms with Crippen molar-refractivity contribution in [3.05, 3.63) is 223 Å². The maximum Gasteiger partial charge on any atom is 0.131 e. The molecule has 0 atom stereocenters. The van der Waals surface area contributed by atoms with Gasteiger partial charge in [-0.25, -0.2) is 0 Å². The third kappa shape index (κ3) is 5.15. The number of rotatable bonds is 6. The molecule has 0 radical (unpaired) electrons. The molecule has 0 spiro atoms. The topological polar surface area (TPSA) is 12.6 Å². The van der Waals surface area contributed by atoms with Crippen LogP contribution in [0, 0.1) is 0 Å². The Hall–Kier alpha value is -7.62. The fourth-order valence-corrected chi connectivity index (χ4v) is 9.99. The summed E-state index contributed by atoms with van der Waals surface area (Å²) in [5, 5.41) is 3.72. The van der Waals surface area contributed by atoms with E-state index >= 15 is 0 Å². The zero-order chi connectivity index (χ0) is 40.0. The van der Waals surface area contributed by atoms with Crippen LogP contribution in [0.2, 0.25) is 0 Å². The fraction of sp³-hybridized carbons (Fsp3) is 0.0526. The Morgan fingerprint density at radius 1 is 0.400 bits per heavy atom. The van der Waals surface area contributed by atoms with E-state index in [4.69, 9.17) is 0 Å². The number of fused-ring (bicyclic) bond motifs is 9. The molecule has 0 N–H and O–H groups in total. The van der Waals surface area contributed by atoms with Crippen LogP contribution in [0.15, 0.2) is 212 Å². The Morgan fingerprint density at radius 3 is 1.78 bits per heavy atom. The fourth-order valence-electron chi connectivity index (χ4n) is 9.99. The van der Waals surface area contributed by atoms with Crippen LogP contribution in [0.5, 0.6) is 0 Å². The first-order valence-electron chi connectivity index (χ1n) is 20.9. The Balaban J connectivity index is 1.04. The lowest BCUT2D eigenvalue weighted by molar-refractivity contribution is 0.660. The summed E-state index contributed by atoms with van der Waals surface area (Å²) in [4.78, 5) is 2.41. The van der Waals surface area contributed by atoms with Gasteiger partial charge < -0.3 is 4.90 Å². The minimum Gasteiger partial charge on any atom is -0.310 e. The molecule has 0 bridgehead atoms. The summed E-state index contributed by atoms with van der Waals surface area (Å²) in [7, 11) is 0. The summed E-state index contributed by atoms with van der Waals surface area (Å²) in [5.41, 5.74) is 19.3. The molecular formula is C57H41N3. The Bertz CT molecular complexity index is 3440. The maximum absolute atomic E-state index is 2.46. The lowest BCUT2D eigenvalue weighted by Crippen LogP contribution is -2.16. The van der Waals surface area contributed by atoms with Gasteiger partial charge in [0.2, 0.25) is 0 Å². The molecule has 9 aromatic carbocycles. The van der Waals surface area contributed by atoms with Crippen molar-refractivity contribution in [2.75, 3.05) is 4.90 Å². The van der Waals surface area contributed by atoms with Crippen LogP contribution in [0.3, 0.4) is 0 Å². The molecule has 0 saturated carbocycles. The van der Waals surface area contributed by atoms with E-state index in [0.29, 0.717) is 0 Å². The molecule has 2 aromatic heterocycles. The largest absolute Gasteiger partial charge is 0.310 e. The van der Waals surface area contributed by atoms with Crippen molar-refractivity contribution < 1.29 is 0 Å². The van der Waals surface area contributed by atoms with Crippen LogP contribution in [-0.2, 0) is 5.41 Å². The van der Waals surface area contributed by atoms with Gasteiger partial charge in [0.1, 0.15) is 5.65 Å².